The Bertz CT molecular complexity index is 760. The van der Waals surface area contributed by atoms with Gasteiger partial charge in [0.15, 0.2) is 0 Å². The molecule has 7 heteroatoms. The summed E-state index contributed by atoms with van der Waals surface area (Å²) >= 11 is 0. The highest BCUT2D eigenvalue weighted by molar-refractivity contribution is 8.13. The van der Waals surface area contributed by atoms with E-state index < -0.39 is 20.8 Å². The minimum atomic E-state index is -3.76. The zero-order valence-electron chi connectivity index (χ0n) is 10.7. The molecule has 0 aliphatic heterocycles. The number of amides is 1. The van der Waals surface area contributed by atoms with E-state index in [-0.39, 0.29) is 17.0 Å². The summed E-state index contributed by atoms with van der Waals surface area (Å²) in [6.07, 6.45) is 0. The van der Waals surface area contributed by atoms with Crippen LogP contribution >= 0.6 is 10.7 Å². The lowest BCUT2D eigenvalue weighted by Gasteiger charge is -2.06. The van der Waals surface area contributed by atoms with Crippen LogP contribution in [0.4, 0.5) is 4.39 Å². The van der Waals surface area contributed by atoms with Gasteiger partial charge in [0.2, 0.25) is 0 Å². The average Bonchev–Trinajstić information content (AvgIpc) is 2.44. The monoisotopic (exact) mass is 327 g/mol. The van der Waals surface area contributed by atoms with Crippen LogP contribution in [0.25, 0.3) is 0 Å². The third-order valence-electron chi connectivity index (χ3n) is 2.74. The molecule has 0 unspecified atom stereocenters. The lowest BCUT2D eigenvalue weighted by molar-refractivity contribution is 0.0950. The van der Waals surface area contributed by atoms with Crippen molar-refractivity contribution in [3.8, 4) is 0 Å². The van der Waals surface area contributed by atoms with Crippen molar-refractivity contribution in [2.45, 2.75) is 11.4 Å². The first-order valence-electron chi connectivity index (χ1n) is 5.93. The number of rotatable bonds is 4. The quantitative estimate of drug-likeness (QED) is 0.878. The van der Waals surface area contributed by atoms with E-state index in [4.69, 9.17) is 10.7 Å². The van der Waals surface area contributed by atoms with Gasteiger partial charge in [-0.05, 0) is 35.9 Å². The fourth-order valence-electron chi connectivity index (χ4n) is 1.68. The third kappa shape index (κ3) is 4.27. The molecule has 0 saturated heterocycles. The largest absolute Gasteiger partial charge is 0.348 e. The molecule has 0 bridgehead atoms. The van der Waals surface area contributed by atoms with Gasteiger partial charge in [-0.2, -0.15) is 0 Å². The molecule has 0 fully saturated rings. The molecule has 0 radical (unpaired) electrons. The van der Waals surface area contributed by atoms with Crippen molar-refractivity contribution >= 4 is 25.6 Å². The van der Waals surface area contributed by atoms with Crippen molar-refractivity contribution in [2.24, 2.45) is 0 Å². The molecular weight excluding hydrogens is 317 g/mol. The molecule has 2 aromatic rings. The Kier molecular flexibility index (Phi) is 4.59. The third-order valence-corrected chi connectivity index (χ3v) is 4.11. The van der Waals surface area contributed by atoms with Crippen LogP contribution in [0.15, 0.2) is 53.4 Å². The van der Waals surface area contributed by atoms with Crippen LogP contribution < -0.4 is 5.32 Å². The van der Waals surface area contributed by atoms with Crippen LogP contribution in [0, 0.1) is 5.82 Å². The van der Waals surface area contributed by atoms with Crippen LogP contribution in [0.5, 0.6) is 0 Å². The highest BCUT2D eigenvalue weighted by atomic mass is 35.7. The molecule has 0 saturated carbocycles. The van der Waals surface area contributed by atoms with E-state index in [0.29, 0.717) is 5.56 Å². The normalized spacial score (nSPS) is 11.1. The molecule has 2 aromatic carbocycles. The van der Waals surface area contributed by atoms with Gasteiger partial charge in [0, 0.05) is 22.8 Å². The summed E-state index contributed by atoms with van der Waals surface area (Å²) in [6, 6.07) is 11.1. The number of halogens is 2. The second-order valence-electron chi connectivity index (χ2n) is 4.27. The fraction of sp³-hybridized carbons (Fsp3) is 0.0714. The lowest BCUT2D eigenvalue weighted by atomic mass is 10.2. The number of carbonyl (C=O) groups excluding carboxylic acids is 1. The zero-order valence-corrected chi connectivity index (χ0v) is 12.3. The Labute approximate surface area is 126 Å². The highest BCUT2D eigenvalue weighted by Gasteiger charge is 2.10. The Morgan fingerprint density at radius 3 is 2.38 bits per heavy atom. The standard InChI is InChI=1S/C14H11ClFNO3S/c15-21(19,20)13-6-4-10(5-7-13)9-17-14(18)11-2-1-3-12(16)8-11/h1-8H,9H2,(H,17,18). The predicted molar refractivity (Wildman–Crippen MR) is 77.1 cm³/mol. The van der Waals surface area contributed by atoms with Gasteiger partial charge in [-0.25, -0.2) is 12.8 Å². The van der Waals surface area contributed by atoms with E-state index in [9.17, 15) is 17.6 Å². The Morgan fingerprint density at radius 2 is 1.81 bits per heavy atom. The molecule has 4 nitrogen and oxygen atoms in total. The Hall–Kier alpha value is -1.92. The van der Waals surface area contributed by atoms with Gasteiger partial charge in [-0.15, -0.1) is 0 Å². The molecule has 1 N–H and O–H groups in total. The SMILES string of the molecule is O=C(NCc1ccc(S(=O)(=O)Cl)cc1)c1cccc(F)c1. The second-order valence-corrected chi connectivity index (χ2v) is 6.84. The topological polar surface area (TPSA) is 63.2 Å². The molecule has 0 aliphatic rings. The van der Waals surface area contributed by atoms with Crippen LogP contribution in [0.1, 0.15) is 15.9 Å². The smallest absolute Gasteiger partial charge is 0.261 e. The first kappa shape index (κ1) is 15.5. The lowest BCUT2D eigenvalue weighted by Crippen LogP contribution is -2.22. The molecule has 0 aromatic heterocycles. The van der Waals surface area contributed by atoms with Gasteiger partial charge in [-0.1, -0.05) is 18.2 Å². The summed E-state index contributed by atoms with van der Waals surface area (Å²) in [7, 11) is 1.44. The van der Waals surface area contributed by atoms with Crippen molar-refractivity contribution in [1.82, 2.24) is 5.32 Å². The molecular formula is C14H11ClFNO3S. The summed E-state index contributed by atoms with van der Waals surface area (Å²) in [6.45, 7) is 0.192. The van der Waals surface area contributed by atoms with Crippen molar-refractivity contribution in [3.63, 3.8) is 0 Å². The maximum atomic E-state index is 13.0. The maximum absolute atomic E-state index is 13.0. The highest BCUT2D eigenvalue weighted by Crippen LogP contribution is 2.15. The van der Waals surface area contributed by atoms with Gasteiger partial charge < -0.3 is 5.32 Å². The van der Waals surface area contributed by atoms with Gasteiger partial charge in [0.1, 0.15) is 5.82 Å². The van der Waals surface area contributed by atoms with Crippen molar-refractivity contribution in [2.75, 3.05) is 0 Å². The molecule has 110 valence electrons. The second kappa shape index (κ2) is 6.24. The van der Waals surface area contributed by atoms with Crippen LogP contribution in [-0.4, -0.2) is 14.3 Å². The molecule has 2 rings (SSSR count). The molecule has 0 spiro atoms. The van der Waals surface area contributed by atoms with Crippen LogP contribution in [0.2, 0.25) is 0 Å². The predicted octanol–water partition coefficient (Wildman–Crippen LogP) is 2.68. The number of carbonyl (C=O) groups is 1. The first-order chi connectivity index (χ1) is 9.86. The van der Waals surface area contributed by atoms with Crippen molar-refractivity contribution in [3.05, 3.63) is 65.5 Å². The summed E-state index contributed by atoms with van der Waals surface area (Å²) < 4.78 is 35.2. The molecule has 0 atom stereocenters. The van der Waals surface area contributed by atoms with E-state index in [1.807, 2.05) is 0 Å². The summed E-state index contributed by atoms with van der Waals surface area (Å²) in [5, 5.41) is 2.61. The fourth-order valence-corrected chi connectivity index (χ4v) is 2.45. The minimum absolute atomic E-state index is 0.00984. The average molecular weight is 328 g/mol. The van der Waals surface area contributed by atoms with E-state index in [2.05, 4.69) is 5.32 Å². The molecule has 21 heavy (non-hydrogen) atoms. The van der Waals surface area contributed by atoms with Crippen LogP contribution in [-0.2, 0) is 15.6 Å². The Balaban J connectivity index is 2.02. The summed E-state index contributed by atoms with van der Waals surface area (Å²) in [4.78, 5) is 11.8. The number of hydrogen-bond donors (Lipinski definition) is 1. The van der Waals surface area contributed by atoms with Gasteiger partial charge >= 0.3 is 0 Å². The maximum Gasteiger partial charge on any atom is 0.261 e. The van der Waals surface area contributed by atoms with Crippen LogP contribution in [0.3, 0.4) is 0 Å². The number of nitrogens with one attached hydrogen (secondary N) is 1. The van der Waals surface area contributed by atoms with Gasteiger partial charge in [0.05, 0.1) is 4.90 Å². The minimum Gasteiger partial charge on any atom is -0.348 e. The number of hydrogen-bond acceptors (Lipinski definition) is 3. The van der Waals surface area contributed by atoms with Crippen molar-refractivity contribution in [1.29, 1.82) is 0 Å². The van der Waals surface area contributed by atoms with Crippen molar-refractivity contribution < 1.29 is 17.6 Å². The molecule has 0 heterocycles. The summed E-state index contributed by atoms with van der Waals surface area (Å²) in [5.74, 6) is -0.900. The summed E-state index contributed by atoms with van der Waals surface area (Å²) in [5.41, 5.74) is 0.916. The van der Waals surface area contributed by atoms with E-state index >= 15 is 0 Å². The van der Waals surface area contributed by atoms with E-state index in [1.165, 1.54) is 30.3 Å². The van der Waals surface area contributed by atoms with E-state index in [0.717, 1.165) is 6.07 Å². The zero-order chi connectivity index (χ0) is 15.5. The first-order valence-corrected chi connectivity index (χ1v) is 8.24. The molecule has 1 amide bonds. The Morgan fingerprint density at radius 1 is 1.14 bits per heavy atom. The van der Waals surface area contributed by atoms with Gasteiger partial charge in [-0.3, -0.25) is 4.79 Å². The molecule has 0 aliphatic carbocycles. The van der Waals surface area contributed by atoms with E-state index in [1.54, 1.807) is 12.1 Å². The number of benzene rings is 2. The van der Waals surface area contributed by atoms with Gasteiger partial charge in [0.25, 0.3) is 15.0 Å².